The minimum Gasteiger partial charge on any atom is -0.464 e. The Labute approximate surface area is 194 Å². The fraction of sp³-hybridized carbons (Fsp3) is 0.346. The van der Waals surface area contributed by atoms with Gasteiger partial charge < -0.3 is 19.1 Å². The summed E-state index contributed by atoms with van der Waals surface area (Å²) in [5.41, 5.74) is 5.30. The molecule has 0 N–H and O–H groups in total. The maximum absolute atomic E-state index is 11.9. The van der Waals surface area contributed by atoms with Crippen LogP contribution in [0.4, 0.5) is 11.4 Å². The summed E-state index contributed by atoms with van der Waals surface area (Å²) < 4.78 is 9.15. The van der Waals surface area contributed by atoms with Crippen LogP contribution in [-0.2, 0) is 17.8 Å². The summed E-state index contributed by atoms with van der Waals surface area (Å²) in [6, 6.07) is 15.5. The molecule has 0 fully saturated rings. The number of esters is 1. The van der Waals surface area contributed by atoms with Gasteiger partial charge in [-0.25, -0.2) is 9.78 Å². The number of imidazole rings is 1. The number of carbonyl (C=O) groups excluding carboxylic acids is 1. The number of carbonyl (C=O) groups is 1. The Hall–Kier alpha value is -3.61. The summed E-state index contributed by atoms with van der Waals surface area (Å²) >= 11 is 0. The van der Waals surface area contributed by atoms with Gasteiger partial charge in [0, 0.05) is 75.4 Å². The summed E-state index contributed by atoms with van der Waals surface area (Å²) in [5.74, 6) is -0.352. The Bertz CT molecular complexity index is 1230. The molecule has 0 aliphatic rings. The van der Waals surface area contributed by atoms with Crippen LogP contribution in [0, 0.1) is 0 Å². The number of hydrogen-bond donors (Lipinski definition) is 0. The summed E-state index contributed by atoms with van der Waals surface area (Å²) in [5, 5.41) is 2.46. The van der Waals surface area contributed by atoms with Crippen molar-refractivity contribution in [3.05, 3.63) is 60.7 Å². The summed E-state index contributed by atoms with van der Waals surface area (Å²) in [6.45, 7) is 1.60. The number of ether oxygens (including phenoxy) is 1. The molecule has 7 heteroatoms. The van der Waals surface area contributed by atoms with E-state index in [9.17, 15) is 4.79 Å². The highest BCUT2D eigenvalue weighted by Gasteiger charge is 2.18. The molecule has 0 amide bonds. The highest BCUT2D eigenvalue weighted by Crippen LogP contribution is 2.25. The Morgan fingerprint density at radius 1 is 0.939 bits per heavy atom. The Balaban J connectivity index is 1.67. The van der Waals surface area contributed by atoms with Crippen LogP contribution in [0.5, 0.6) is 0 Å². The fourth-order valence-electron chi connectivity index (χ4n) is 4.20. The predicted octanol–water partition coefficient (Wildman–Crippen LogP) is 3.88. The van der Waals surface area contributed by atoms with Gasteiger partial charge in [-0.05, 0) is 36.8 Å². The standard InChI is InChI=1S/C26H32N5O2/c1-28(2)21-10-8-19-14-20-9-11-22(29(3)4)16-24(20)31(23(19)15-21)13-7-6-12-30-18-27-17-25(30)26(32)33-5/h8-11,14-18H,6-7,12-13H2,1-5H3/q+1. The van der Waals surface area contributed by atoms with Crippen LogP contribution in [-0.4, -0.2) is 50.8 Å². The van der Waals surface area contributed by atoms with Gasteiger partial charge in [-0.3, -0.25) is 0 Å². The second kappa shape index (κ2) is 9.48. The Kier molecular flexibility index (Phi) is 6.49. The van der Waals surface area contributed by atoms with Gasteiger partial charge in [-0.2, -0.15) is 4.57 Å². The van der Waals surface area contributed by atoms with Crippen LogP contribution >= 0.6 is 0 Å². The first-order chi connectivity index (χ1) is 15.9. The van der Waals surface area contributed by atoms with E-state index in [0.29, 0.717) is 5.69 Å². The highest BCUT2D eigenvalue weighted by atomic mass is 16.5. The average molecular weight is 447 g/mol. The number of unbranched alkanes of at least 4 members (excludes halogenated alkanes) is 1. The Morgan fingerprint density at radius 2 is 1.55 bits per heavy atom. The molecule has 0 saturated carbocycles. The first-order valence-electron chi connectivity index (χ1n) is 11.2. The number of pyridine rings is 1. The van der Waals surface area contributed by atoms with E-state index in [4.69, 9.17) is 4.74 Å². The molecular formula is C26H32N5O2+. The van der Waals surface area contributed by atoms with Crippen molar-refractivity contribution in [2.75, 3.05) is 45.1 Å². The number of methoxy groups -OCH3 is 1. The summed E-state index contributed by atoms with van der Waals surface area (Å²) in [4.78, 5) is 20.3. The molecule has 0 bridgehead atoms. The van der Waals surface area contributed by atoms with Crippen LogP contribution in [0.2, 0.25) is 0 Å². The zero-order chi connectivity index (χ0) is 23.5. The predicted molar refractivity (Wildman–Crippen MR) is 133 cm³/mol. The number of benzene rings is 2. The molecule has 0 aliphatic carbocycles. The van der Waals surface area contributed by atoms with Crippen LogP contribution in [0.3, 0.4) is 0 Å². The molecule has 0 atom stereocenters. The third-order valence-electron chi connectivity index (χ3n) is 6.09. The van der Waals surface area contributed by atoms with Crippen molar-refractivity contribution < 1.29 is 14.1 Å². The van der Waals surface area contributed by atoms with E-state index in [1.165, 1.54) is 40.3 Å². The number of fused-ring (bicyclic) bond motifs is 2. The minimum atomic E-state index is -0.352. The van der Waals surface area contributed by atoms with E-state index in [1.807, 2.05) is 4.57 Å². The number of aromatic nitrogens is 3. The lowest BCUT2D eigenvalue weighted by molar-refractivity contribution is -0.645. The molecule has 33 heavy (non-hydrogen) atoms. The zero-order valence-corrected chi connectivity index (χ0v) is 20.1. The molecule has 4 aromatic rings. The SMILES string of the molecule is COC(=O)c1cncn1CCCC[n+]1c2cc(N(C)C)ccc2cc2ccc(N(C)C)cc21. The molecule has 7 nitrogen and oxygen atoms in total. The highest BCUT2D eigenvalue weighted by molar-refractivity contribution is 5.91. The number of aryl methyl sites for hydroxylation is 2. The van der Waals surface area contributed by atoms with Gasteiger partial charge in [0.05, 0.1) is 19.6 Å². The quantitative estimate of drug-likeness (QED) is 0.178. The molecule has 172 valence electrons. The second-order valence-corrected chi connectivity index (χ2v) is 8.74. The maximum Gasteiger partial charge on any atom is 0.356 e. The summed E-state index contributed by atoms with van der Waals surface area (Å²) in [6.07, 6.45) is 5.14. The van der Waals surface area contributed by atoms with E-state index in [0.717, 1.165) is 25.9 Å². The Morgan fingerprint density at radius 3 is 2.09 bits per heavy atom. The lowest BCUT2D eigenvalue weighted by atomic mass is 10.1. The fourth-order valence-corrected chi connectivity index (χ4v) is 4.20. The number of hydrogen-bond acceptors (Lipinski definition) is 5. The van der Waals surface area contributed by atoms with E-state index in [2.05, 4.69) is 90.0 Å². The van der Waals surface area contributed by atoms with Crippen molar-refractivity contribution in [2.45, 2.75) is 25.9 Å². The van der Waals surface area contributed by atoms with Crippen molar-refractivity contribution in [3.8, 4) is 0 Å². The maximum atomic E-state index is 11.9. The second-order valence-electron chi connectivity index (χ2n) is 8.74. The molecular weight excluding hydrogens is 414 g/mol. The van der Waals surface area contributed by atoms with Gasteiger partial charge in [0.15, 0.2) is 0 Å². The van der Waals surface area contributed by atoms with E-state index in [1.54, 1.807) is 12.5 Å². The van der Waals surface area contributed by atoms with Crippen molar-refractivity contribution in [2.24, 2.45) is 0 Å². The smallest absolute Gasteiger partial charge is 0.356 e. The van der Waals surface area contributed by atoms with Crippen molar-refractivity contribution in [1.29, 1.82) is 0 Å². The lowest BCUT2D eigenvalue weighted by Gasteiger charge is -2.15. The lowest BCUT2D eigenvalue weighted by Crippen LogP contribution is -2.36. The first kappa shape index (κ1) is 22.6. The van der Waals surface area contributed by atoms with Gasteiger partial charge >= 0.3 is 5.97 Å². The largest absolute Gasteiger partial charge is 0.464 e. The molecule has 0 aliphatic heterocycles. The molecule has 2 aromatic carbocycles. The third kappa shape index (κ3) is 4.62. The van der Waals surface area contributed by atoms with Gasteiger partial charge in [0.1, 0.15) is 12.2 Å². The van der Waals surface area contributed by atoms with Crippen LogP contribution < -0.4 is 14.4 Å². The van der Waals surface area contributed by atoms with Gasteiger partial charge in [0.2, 0.25) is 11.0 Å². The monoisotopic (exact) mass is 446 g/mol. The van der Waals surface area contributed by atoms with Crippen LogP contribution in [0.15, 0.2) is 55.0 Å². The number of anilines is 2. The summed E-state index contributed by atoms with van der Waals surface area (Å²) in [7, 11) is 9.68. The van der Waals surface area contributed by atoms with E-state index < -0.39 is 0 Å². The van der Waals surface area contributed by atoms with E-state index >= 15 is 0 Å². The molecule has 2 aromatic heterocycles. The van der Waals surface area contributed by atoms with Crippen molar-refractivity contribution in [1.82, 2.24) is 9.55 Å². The molecule has 0 saturated heterocycles. The van der Waals surface area contributed by atoms with Gasteiger partial charge in [0.25, 0.3) is 0 Å². The zero-order valence-electron chi connectivity index (χ0n) is 20.1. The van der Waals surface area contributed by atoms with Crippen molar-refractivity contribution >= 4 is 39.1 Å². The third-order valence-corrected chi connectivity index (χ3v) is 6.09. The number of nitrogens with zero attached hydrogens (tertiary/aromatic N) is 5. The molecule has 2 heterocycles. The molecule has 0 radical (unpaired) electrons. The molecule has 0 spiro atoms. The van der Waals surface area contributed by atoms with E-state index in [-0.39, 0.29) is 5.97 Å². The van der Waals surface area contributed by atoms with Crippen LogP contribution in [0.1, 0.15) is 23.3 Å². The molecule has 0 unspecified atom stereocenters. The number of rotatable bonds is 8. The van der Waals surface area contributed by atoms with Gasteiger partial charge in [-0.1, -0.05) is 0 Å². The normalized spacial score (nSPS) is 11.2. The minimum absolute atomic E-state index is 0.352. The molecule has 4 rings (SSSR count). The first-order valence-corrected chi connectivity index (χ1v) is 11.2. The topological polar surface area (TPSA) is 54.5 Å². The average Bonchev–Trinajstić information content (AvgIpc) is 3.28. The van der Waals surface area contributed by atoms with Crippen LogP contribution in [0.25, 0.3) is 21.8 Å². The van der Waals surface area contributed by atoms with Gasteiger partial charge in [-0.15, -0.1) is 0 Å². The van der Waals surface area contributed by atoms with Crippen molar-refractivity contribution in [3.63, 3.8) is 0 Å².